The van der Waals surface area contributed by atoms with Crippen molar-refractivity contribution in [1.82, 2.24) is 15.5 Å². The van der Waals surface area contributed by atoms with E-state index in [2.05, 4.69) is 29.4 Å². The summed E-state index contributed by atoms with van der Waals surface area (Å²) in [6.45, 7) is 8.23. The van der Waals surface area contributed by atoms with Gasteiger partial charge in [-0.05, 0) is 25.3 Å². The Bertz CT molecular complexity index is 348. The van der Waals surface area contributed by atoms with Crippen molar-refractivity contribution in [2.45, 2.75) is 39.0 Å². The fraction of sp³-hybridized carbons (Fsp3) is 0.846. The quantitative estimate of drug-likeness (QED) is 0.804. The van der Waals surface area contributed by atoms with Crippen LogP contribution in [0.4, 0.5) is 0 Å². The van der Waals surface area contributed by atoms with Crippen molar-refractivity contribution in [2.75, 3.05) is 26.3 Å². The number of nitrogens with zero attached hydrogens (tertiary/aromatic N) is 2. The van der Waals surface area contributed by atoms with Gasteiger partial charge >= 0.3 is 0 Å². The molecule has 1 aliphatic rings. The molecule has 5 heteroatoms. The van der Waals surface area contributed by atoms with Crippen LogP contribution in [0.25, 0.3) is 0 Å². The largest absolute Gasteiger partial charge is 0.381 e. The molecule has 0 bridgehead atoms. The number of nitrogens with one attached hydrogen (secondary N) is 1. The fourth-order valence-electron chi connectivity index (χ4n) is 2.05. The van der Waals surface area contributed by atoms with Gasteiger partial charge in [0.2, 0.25) is 0 Å². The maximum Gasteiger partial charge on any atom is 0.122 e. The van der Waals surface area contributed by atoms with Crippen LogP contribution >= 0.6 is 11.3 Å². The molecule has 0 aliphatic carbocycles. The Kier molecular flexibility index (Phi) is 5.53. The van der Waals surface area contributed by atoms with Gasteiger partial charge in [-0.1, -0.05) is 13.8 Å². The molecule has 1 fully saturated rings. The standard InChI is InChI=1S/C13H23N3OS/c1-10(2)8-14-6-5-12-15-16-13(18-12)11-4-3-7-17-9-11/h10-11,14H,3-9H2,1-2H3. The van der Waals surface area contributed by atoms with E-state index in [-0.39, 0.29) is 0 Å². The van der Waals surface area contributed by atoms with Gasteiger partial charge in [0.05, 0.1) is 6.61 Å². The van der Waals surface area contributed by atoms with Gasteiger partial charge in [-0.15, -0.1) is 21.5 Å². The van der Waals surface area contributed by atoms with Gasteiger partial charge in [0.25, 0.3) is 0 Å². The molecule has 1 unspecified atom stereocenters. The van der Waals surface area contributed by atoms with Gasteiger partial charge in [-0.25, -0.2) is 0 Å². The zero-order valence-electron chi connectivity index (χ0n) is 11.3. The van der Waals surface area contributed by atoms with Crippen LogP contribution in [0.15, 0.2) is 0 Å². The second kappa shape index (κ2) is 7.16. The van der Waals surface area contributed by atoms with E-state index >= 15 is 0 Å². The first kappa shape index (κ1) is 13.9. The zero-order chi connectivity index (χ0) is 12.8. The molecule has 1 N–H and O–H groups in total. The lowest BCUT2D eigenvalue weighted by Gasteiger charge is -2.19. The third-order valence-electron chi connectivity index (χ3n) is 3.06. The van der Waals surface area contributed by atoms with Gasteiger partial charge in [0.15, 0.2) is 0 Å². The van der Waals surface area contributed by atoms with Crippen molar-refractivity contribution in [1.29, 1.82) is 0 Å². The molecule has 18 heavy (non-hydrogen) atoms. The van der Waals surface area contributed by atoms with Crippen molar-refractivity contribution in [3.05, 3.63) is 10.0 Å². The lowest BCUT2D eigenvalue weighted by atomic mass is 10.0. The molecule has 2 heterocycles. The normalized spacial score (nSPS) is 20.5. The van der Waals surface area contributed by atoms with E-state index in [1.165, 1.54) is 6.42 Å². The lowest BCUT2D eigenvalue weighted by Crippen LogP contribution is -2.22. The third-order valence-corrected chi connectivity index (χ3v) is 4.21. The zero-order valence-corrected chi connectivity index (χ0v) is 12.1. The Hall–Kier alpha value is -0.520. The van der Waals surface area contributed by atoms with Gasteiger partial charge in [0.1, 0.15) is 10.0 Å². The monoisotopic (exact) mass is 269 g/mol. The van der Waals surface area contributed by atoms with Crippen LogP contribution < -0.4 is 5.32 Å². The molecule has 102 valence electrons. The Labute approximate surface area is 113 Å². The molecule has 2 rings (SSSR count). The van der Waals surface area contributed by atoms with Crippen LogP contribution in [0.1, 0.15) is 42.6 Å². The average molecular weight is 269 g/mol. The first-order valence-electron chi connectivity index (χ1n) is 6.86. The molecule has 1 aliphatic heterocycles. The van der Waals surface area contributed by atoms with Crippen molar-refractivity contribution >= 4 is 11.3 Å². The number of hydrogen-bond acceptors (Lipinski definition) is 5. The molecule has 0 radical (unpaired) electrons. The van der Waals surface area contributed by atoms with Crippen LogP contribution in [0.2, 0.25) is 0 Å². The fourth-order valence-corrected chi connectivity index (χ4v) is 3.02. The highest BCUT2D eigenvalue weighted by Gasteiger charge is 2.20. The molecule has 0 amide bonds. The van der Waals surface area contributed by atoms with Crippen molar-refractivity contribution < 1.29 is 4.74 Å². The molecule has 1 aromatic rings. The second-order valence-electron chi connectivity index (χ2n) is 5.30. The minimum atomic E-state index is 0.480. The predicted molar refractivity (Wildman–Crippen MR) is 74.1 cm³/mol. The van der Waals surface area contributed by atoms with Crippen molar-refractivity contribution in [2.24, 2.45) is 5.92 Å². The molecular formula is C13H23N3OS. The molecule has 1 atom stereocenters. The van der Waals surface area contributed by atoms with Crippen LogP contribution in [-0.4, -0.2) is 36.5 Å². The van der Waals surface area contributed by atoms with Crippen molar-refractivity contribution in [3.8, 4) is 0 Å². The summed E-state index contributed by atoms with van der Waals surface area (Å²) < 4.78 is 5.50. The summed E-state index contributed by atoms with van der Waals surface area (Å²) >= 11 is 1.76. The van der Waals surface area contributed by atoms with E-state index in [9.17, 15) is 0 Å². The summed E-state index contributed by atoms with van der Waals surface area (Å²) in [5.74, 6) is 1.18. The molecule has 1 aromatic heterocycles. The Morgan fingerprint density at radius 3 is 3.06 bits per heavy atom. The highest BCUT2D eigenvalue weighted by molar-refractivity contribution is 7.11. The van der Waals surface area contributed by atoms with E-state index in [1.54, 1.807) is 11.3 Å². The molecule has 0 spiro atoms. The minimum absolute atomic E-state index is 0.480. The molecule has 0 aromatic carbocycles. The summed E-state index contributed by atoms with van der Waals surface area (Å²) in [5.41, 5.74) is 0. The summed E-state index contributed by atoms with van der Waals surface area (Å²) in [4.78, 5) is 0. The number of hydrogen-bond donors (Lipinski definition) is 1. The van der Waals surface area contributed by atoms with Crippen LogP contribution in [0, 0.1) is 5.92 Å². The van der Waals surface area contributed by atoms with E-state index < -0.39 is 0 Å². The van der Waals surface area contributed by atoms with E-state index in [4.69, 9.17) is 4.74 Å². The van der Waals surface area contributed by atoms with E-state index in [0.29, 0.717) is 11.8 Å². The molecule has 4 nitrogen and oxygen atoms in total. The molecular weight excluding hydrogens is 246 g/mol. The smallest absolute Gasteiger partial charge is 0.122 e. The Morgan fingerprint density at radius 1 is 1.44 bits per heavy atom. The number of aromatic nitrogens is 2. The highest BCUT2D eigenvalue weighted by Crippen LogP contribution is 2.27. The van der Waals surface area contributed by atoms with Crippen molar-refractivity contribution in [3.63, 3.8) is 0 Å². The van der Waals surface area contributed by atoms with E-state index in [0.717, 1.165) is 49.2 Å². The number of ether oxygens (including phenoxy) is 1. The maximum atomic E-state index is 5.50. The van der Waals surface area contributed by atoms with Crippen LogP contribution in [0.5, 0.6) is 0 Å². The van der Waals surface area contributed by atoms with Gasteiger partial charge in [-0.2, -0.15) is 0 Å². The van der Waals surface area contributed by atoms with Crippen LogP contribution in [-0.2, 0) is 11.2 Å². The highest BCUT2D eigenvalue weighted by atomic mass is 32.1. The predicted octanol–water partition coefficient (Wildman–Crippen LogP) is 2.22. The van der Waals surface area contributed by atoms with Crippen LogP contribution in [0.3, 0.4) is 0 Å². The first-order valence-corrected chi connectivity index (χ1v) is 7.68. The molecule has 1 saturated heterocycles. The average Bonchev–Trinajstić information content (AvgIpc) is 2.84. The SMILES string of the molecule is CC(C)CNCCc1nnc(C2CCCOC2)s1. The minimum Gasteiger partial charge on any atom is -0.381 e. The Balaban J connectivity index is 1.75. The topological polar surface area (TPSA) is 47.0 Å². The maximum absolute atomic E-state index is 5.50. The van der Waals surface area contributed by atoms with Gasteiger partial charge in [-0.3, -0.25) is 0 Å². The molecule has 0 saturated carbocycles. The second-order valence-corrected chi connectivity index (χ2v) is 6.39. The lowest BCUT2D eigenvalue weighted by molar-refractivity contribution is 0.0802. The summed E-state index contributed by atoms with van der Waals surface area (Å²) in [5, 5.41) is 14.3. The first-order chi connectivity index (χ1) is 8.75. The van der Waals surface area contributed by atoms with Gasteiger partial charge < -0.3 is 10.1 Å². The van der Waals surface area contributed by atoms with Gasteiger partial charge in [0, 0.05) is 25.5 Å². The summed E-state index contributed by atoms with van der Waals surface area (Å²) in [7, 11) is 0. The summed E-state index contributed by atoms with van der Waals surface area (Å²) in [6, 6.07) is 0. The van der Waals surface area contributed by atoms with E-state index in [1.807, 2.05) is 0 Å². The number of rotatable bonds is 6. The third kappa shape index (κ3) is 4.30. The Morgan fingerprint density at radius 2 is 2.33 bits per heavy atom. The summed E-state index contributed by atoms with van der Waals surface area (Å²) in [6.07, 6.45) is 3.33.